The second-order valence-corrected chi connectivity index (χ2v) is 9.08. The van der Waals surface area contributed by atoms with Crippen LogP contribution in [0.25, 0.3) is 0 Å². The average molecular weight is 447 g/mol. The van der Waals surface area contributed by atoms with Crippen LogP contribution >= 0.6 is 0 Å². The number of nitrogens with zero attached hydrogens (tertiary/aromatic N) is 3. The summed E-state index contributed by atoms with van der Waals surface area (Å²) in [4.78, 5) is 62.0. The molecule has 0 spiro atoms. The topological polar surface area (TPSA) is 143 Å². The van der Waals surface area contributed by atoms with Crippen molar-refractivity contribution in [1.29, 1.82) is 0 Å². The van der Waals surface area contributed by atoms with Crippen molar-refractivity contribution in [2.75, 3.05) is 26.2 Å². The molecule has 3 N–H and O–H groups in total. The van der Waals surface area contributed by atoms with E-state index in [0.29, 0.717) is 39.0 Å². The second-order valence-electron chi connectivity index (χ2n) is 9.08. The highest BCUT2D eigenvalue weighted by molar-refractivity contribution is 5.83. The largest absolute Gasteiger partial charge is 0.483 e. The summed E-state index contributed by atoms with van der Waals surface area (Å²) in [6.45, 7) is 5.09. The molecule has 10 heteroatoms. The van der Waals surface area contributed by atoms with E-state index in [1.54, 1.807) is 27.4 Å². The molecule has 2 fully saturated rings. The molecule has 10 nitrogen and oxygen atoms in total. The minimum atomic E-state index is -0.616. The van der Waals surface area contributed by atoms with Gasteiger partial charge in [-0.15, -0.1) is 0 Å². The highest BCUT2D eigenvalue weighted by Gasteiger charge is 2.46. The lowest BCUT2D eigenvalue weighted by Crippen LogP contribution is -2.56. The molecule has 3 amide bonds. The van der Waals surface area contributed by atoms with E-state index < -0.39 is 11.5 Å². The van der Waals surface area contributed by atoms with E-state index in [1.165, 1.54) is 6.07 Å². The number of amides is 3. The molecule has 3 aliphatic rings. The van der Waals surface area contributed by atoms with Gasteiger partial charge in [0.1, 0.15) is 6.04 Å². The Morgan fingerprint density at radius 1 is 1.16 bits per heavy atom. The number of piperidine rings is 2. The number of aromatic nitrogens is 1. The monoisotopic (exact) mass is 446 g/mol. The molecule has 1 aromatic rings. The van der Waals surface area contributed by atoms with Gasteiger partial charge in [0.15, 0.2) is 0 Å². The summed E-state index contributed by atoms with van der Waals surface area (Å²) >= 11 is 0. The van der Waals surface area contributed by atoms with Gasteiger partial charge < -0.3 is 20.6 Å². The molecule has 2 saturated heterocycles. The maximum absolute atomic E-state index is 13.6. The first-order valence-electron chi connectivity index (χ1n) is 10.8. The van der Waals surface area contributed by atoms with Crippen LogP contribution in [0.15, 0.2) is 23.0 Å². The van der Waals surface area contributed by atoms with Crippen molar-refractivity contribution in [3.63, 3.8) is 0 Å². The fourth-order valence-electron chi connectivity index (χ4n) is 5.16. The number of nitrogens with two attached hydrogens (primary N) is 1. The van der Waals surface area contributed by atoms with Crippen LogP contribution in [0.4, 0.5) is 0 Å². The number of hydrogen-bond donors (Lipinski definition) is 2. The molecule has 174 valence electrons. The average Bonchev–Trinajstić information content (AvgIpc) is 2.75. The molecular formula is C22H30N4O6. The first-order valence-corrected chi connectivity index (χ1v) is 10.8. The van der Waals surface area contributed by atoms with Gasteiger partial charge >= 0.3 is 0 Å². The standard InChI is InChI=1S/C21H28N4O4.CH2O2/c1-13(26)24-11-14-10-15(12-24)18(25-16(14)4-3-5-17(25)27)19(28)23-8-6-21(2,7-9-23)20(22)29;2-1-3/h3-5,14-15,18H,6-12H2,1-2H3,(H2,22,29);1H,(H,2,3)/t14-,15+,18-;/m1./s1. The van der Waals surface area contributed by atoms with E-state index in [9.17, 15) is 19.2 Å². The van der Waals surface area contributed by atoms with E-state index in [-0.39, 0.29) is 41.6 Å². The van der Waals surface area contributed by atoms with Gasteiger partial charge in [0.25, 0.3) is 12.0 Å². The quantitative estimate of drug-likeness (QED) is 0.620. The van der Waals surface area contributed by atoms with Crippen LogP contribution in [-0.2, 0) is 19.2 Å². The number of carbonyl (C=O) groups excluding carboxylic acids is 3. The van der Waals surface area contributed by atoms with Crippen molar-refractivity contribution in [2.24, 2.45) is 17.1 Å². The number of fused-ring (bicyclic) bond motifs is 4. The van der Waals surface area contributed by atoms with Crippen LogP contribution in [0.3, 0.4) is 0 Å². The fourth-order valence-corrected chi connectivity index (χ4v) is 5.16. The Bertz CT molecular complexity index is 965. The SMILES string of the molecule is CC(=O)N1C[C@H]2C[C@@H](C1)[C@H](C(=O)N1CCC(C)(C(N)=O)CC1)n1c2cccc1=O.O=CO. The molecule has 0 radical (unpaired) electrons. The zero-order chi connectivity index (χ0) is 23.6. The van der Waals surface area contributed by atoms with Crippen LogP contribution < -0.4 is 11.3 Å². The molecule has 0 unspecified atom stereocenters. The third-order valence-electron chi connectivity index (χ3n) is 7.12. The minimum Gasteiger partial charge on any atom is -0.483 e. The highest BCUT2D eigenvalue weighted by Crippen LogP contribution is 2.42. The number of rotatable bonds is 2. The van der Waals surface area contributed by atoms with Gasteiger partial charge in [0, 0.05) is 62.1 Å². The molecular weight excluding hydrogens is 416 g/mol. The predicted octanol–water partition coefficient (Wildman–Crippen LogP) is 0.170. The van der Waals surface area contributed by atoms with Crippen molar-refractivity contribution in [1.82, 2.24) is 14.4 Å². The number of pyridine rings is 1. The summed E-state index contributed by atoms with van der Waals surface area (Å²) in [6.07, 6.45) is 1.82. The Kier molecular flexibility index (Phi) is 6.71. The van der Waals surface area contributed by atoms with Gasteiger partial charge in [-0.3, -0.25) is 28.5 Å². The number of likely N-dealkylation sites (tertiary alicyclic amines) is 2. The summed E-state index contributed by atoms with van der Waals surface area (Å²) in [7, 11) is 0. The lowest BCUT2D eigenvalue weighted by atomic mass is 9.76. The molecule has 0 aliphatic carbocycles. The Morgan fingerprint density at radius 3 is 2.34 bits per heavy atom. The Hall–Kier alpha value is -3.17. The molecule has 32 heavy (non-hydrogen) atoms. The third-order valence-corrected chi connectivity index (χ3v) is 7.12. The predicted molar refractivity (Wildman–Crippen MR) is 115 cm³/mol. The number of carboxylic acid groups (broad SMARTS) is 1. The highest BCUT2D eigenvalue weighted by atomic mass is 16.3. The molecule has 3 aliphatic heterocycles. The molecule has 3 atom stereocenters. The van der Waals surface area contributed by atoms with Crippen LogP contribution in [0, 0.1) is 11.3 Å². The molecule has 0 aromatic carbocycles. The minimum absolute atomic E-state index is 0.00664. The zero-order valence-electron chi connectivity index (χ0n) is 18.4. The van der Waals surface area contributed by atoms with Crippen molar-refractivity contribution >= 4 is 24.2 Å². The maximum Gasteiger partial charge on any atom is 0.290 e. The smallest absolute Gasteiger partial charge is 0.290 e. The van der Waals surface area contributed by atoms with Crippen LogP contribution in [0.2, 0.25) is 0 Å². The van der Waals surface area contributed by atoms with E-state index in [0.717, 1.165) is 12.1 Å². The van der Waals surface area contributed by atoms with Gasteiger partial charge in [-0.25, -0.2) is 0 Å². The van der Waals surface area contributed by atoms with Crippen LogP contribution in [-0.4, -0.2) is 69.8 Å². The van der Waals surface area contributed by atoms with E-state index in [1.807, 2.05) is 13.0 Å². The van der Waals surface area contributed by atoms with E-state index in [2.05, 4.69) is 0 Å². The van der Waals surface area contributed by atoms with Crippen molar-refractivity contribution in [3.05, 3.63) is 34.2 Å². The van der Waals surface area contributed by atoms with Gasteiger partial charge in [0.05, 0.1) is 0 Å². The van der Waals surface area contributed by atoms with Crippen molar-refractivity contribution in [2.45, 2.75) is 45.1 Å². The van der Waals surface area contributed by atoms with Crippen molar-refractivity contribution < 1.29 is 24.3 Å². The molecule has 4 heterocycles. The Balaban J connectivity index is 0.000000913. The molecule has 1 aromatic heterocycles. The van der Waals surface area contributed by atoms with Gasteiger partial charge in [-0.05, 0) is 25.3 Å². The Labute approximate surface area is 186 Å². The lowest BCUT2D eigenvalue weighted by molar-refractivity contribution is -0.145. The van der Waals surface area contributed by atoms with Crippen LogP contribution in [0.5, 0.6) is 0 Å². The fraction of sp³-hybridized carbons (Fsp3) is 0.591. The normalized spacial score (nSPS) is 25.6. The summed E-state index contributed by atoms with van der Waals surface area (Å²) in [5, 5.41) is 6.89. The zero-order valence-corrected chi connectivity index (χ0v) is 18.4. The second kappa shape index (κ2) is 9.13. The van der Waals surface area contributed by atoms with E-state index >= 15 is 0 Å². The van der Waals surface area contributed by atoms with Crippen molar-refractivity contribution in [3.8, 4) is 0 Å². The number of hydrogen-bond acceptors (Lipinski definition) is 5. The summed E-state index contributed by atoms with van der Waals surface area (Å²) in [5.74, 6) is -0.471. The summed E-state index contributed by atoms with van der Waals surface area (Å²) in [5.41, 5.74) is 5.59. The molecule has 0 saturated carbocycles. The summed E-state index contributed by atoms with van der Waals surface area (Å²) < 4.78 is 1.65. The van der Waals surface area contributed by atoms with Gasteiger partial charge in [-0.1, -0.05) is 13.0 Å². The maximum atomic E-state index is 13.6. The number of carbonyl (C=O) groups is 4. The molecule has 4 rings (SSSR count). The lowest BCUT2D eigenvalue weighted by Gasteiger charge is -2.48. The number of primary amides is 1. The summed E-state index contributed by atoms with van der Waals surface area (Å²) in [6, 6.07) is 4.50. The van der Waals surface area contributed by atoms with E-state index in [4.69, 9.17) is 15.6 Å². The van der Waals surface area contributed by atoms with Gasteiger partial charge in [-0.2, -0.15) is 0 Å². The van der Waals surface area contributed by atoms with Gasteiger partial charge in [0.2, 0.25) is 17.7 Å². The molecule has 2 bridgehead atoms. The van der Waals surface area contributed by atoms with Crippen LogP contribution in [0.1, 0.15) is 50.8 Å². The Morgan fingerprint density at radius 2 is 1.78 bits per heavy atom. The third kappa shape index (κ3) is 4.26. The first-order chi connectivity index (χ1) is 15.1. The first kappa shape index (κ1) is 23.5.